The van der Waals surface area contributed by atoms with E-state index in [1.807, 2.05) is 0 Å². The van der Waals surface area contributed by atoms with Gasteiger partial charge in [0.25, 0.3) is 0 Å². The molecule has 0 aliphatic heterocycles. The summed E-state index contributed by atoms with van der Waals surface area (Å²) in [5.74, 6) is 0. The van der Waals surface area contributed by atoms with E-state index in [0.717, 1.165) is 0 Å². The first kappa shape index (κ1) is 18.4. The van der Waals surface area contributed by atoms with Crippen molar-refractivity contribution in [2.24, 2.45) is 0 Å². The minimum atomic E-state index is -0.572. The second-order valence-electron chi connectivity index (χ2n) is 3.61. The van der Waals surface area contributed by atoms with Crippen molar-refractivity contribution in [1.29, 1.82) is 0 Å². The van der Waals surface area contributed by atoms with Crippen molar-refractivity contribution in [2.45, 2.75) is 0 Å². The molecule has 0 rings (SSSR count). The summed E-state index contributed by atoms with van der Waals surface area (Å²) in [6, 6.07) is -1.14. The first-order valence-electron chi connectivity index (χ1n) is 5.66. The zero-order chi connectivity index (χ0) is 15.4. The molecule has 0 unspecified atom stereocenters. The number of carbonyl (C=O) groups is 2. The van der Waals surface area contributed by atoms with Crippen LogP contribution in [0.3, 0.4) is 0 Å². The van der Waals surface area contributed by atoms with Gasteiger partial charge in [0.2, 0.25) is 0 Å². The number of ether oxygens (including phenoxy) is 4. The van der Waals surface area contributed by atoms with Gasteiger partial charge >= 0.3 is 12.1 Å². The van der Waals surface area contributed by atoms with Crippen LogP contribution in [0.1, 0.15) is 0 Å². The second-order valence-corrected chi connectivity index (χ2v) is 3.61. The third-order valence-electron chi connectivity index (χ3n) is 1.99. The number of rotatable bonds is 8. The molecule has 0 aromatic carbocycles. The van der Waals surface area contributed by atoms with Crippen LogP contribution in [0.2, 0.25) is 0 Å². The number of hydrazine groups is 1. The minimum Gasteiger partial charge on any atom is -0.364 e. The Morgan fingerprint density at radius 2 is 0.950 bits per heavy atom. The molecule has 20 heavy (non-hydrogen) atoms. The normalized spacial score (nSPS) is 10.0. The van der Waals surface area contributed by atoms with Crippen LogP contribution in [-0.4, -0.2) is 77.2 Å². The van der Waals surface area contributed by atoms with E-state index in [1.165, 1.54) is 38.2 Å². The van der Waals surface area contributed by atoms with Crippen molar-refractivity contribution in [2.75, 3.05) is 55.4 Å². The predicted octanol–water partition coefficient (Wildman–Crippen LogP) is -0.660. The van der Waals surface area contributed by atoms with Crippen molar-refractivity contribution in [3.05, 3.63) is 0 Å². The first-order valence-corrected chi connectivity index (χ1v) is 5.66. The maximum absolute atomic E-state index is 11.7. The summed E-state index contributed by atoms with van der Waals surface area (Å²) in [4.78, 5) is 25.9. The van der Waals surface area contributed by atoms with Crippen LogP contribution in [0, 0.1) is 0 Å². The van der Waals surface area contributed by atoms with E-state index in [1.54, 1.807) is 0 Å². The van der Waals surface area contributed by atoms with Gasteiger partial charge in [-0.05, 0) is 0 Å². The molecule has 0 atom stereocenters. The first-order chi connectivity index (χ1) is 9.60. The summed E-state index contributed by atoms with van der Waals surface area (Å²) in [6.07, 6.45) is 0. The molecule has 118 valence electrons. The maximum Gasteiger partial charge on any atom is 0.339 e. The van der Waals surface area contributed by atoms with E-state index in [0.29, 0.717) is 0 Å². The van der Waals surface area contributed by atoms with Gasteiger partial charge in [0.05, 0.1) is 0 Å². The average molecular weight is 294 g/mol. The van der Waals surface area contributed by atoms with Crippen LogP contribution in [0.15, 0.2) is 0 Å². The Morgan fingerprint density at radius 1 is 0.700 bits per heavy atom. The van der Waals surface area contributed by atoms with E-state index in [-0.39, 0.29) is 26.9 Å². The largest absolute Gasteiger partial charge is 0.364 e. The monoisotopic (exact) mass is 294 g/mol. The Labute approximate surface area is 117 Å². The van der Waals surface area contributed by atoms with Gasteiger partial charge in [-0.2, -0.15) is 0 Å². The van der Waals surface area contributed by atoms with Crippen molar-refractivity contribution in [1.82, 2.24) is 20.7 Å². The van der Waals surface area contributed by atoms with E-state index in [2.05, 4.69) is 10.9 Å². The fourth-order valence-corrected chi connectivity index (χ4v) is 1.20. The summed E-state index contributed by atoms with van der Waals surface area (Å²) in [5.41, 5.74) is 4.45. The molecule has 0 aromatic heterocycles. The van der Waals surface area contributed by atoms with Crippen molar-refractivity contribution in [3.8, 4) is 0 Å². The van der Waals surface area contributed by atoms with Gasteiger partial charge in [0, 0.05) is 28.4 Å². The molecule has 0 spiro atoms. The molecule has 10 heteroatoms. The molecule has 0 radical (unpaired) electrons. The average Bonchev–Trinajstić information content (AvgIpc) is 2.44. The van der Waals surface area contributed by atoms with E-state index < -0.39 is 12.1 Å². The number of amides is 4. The highest BCUT2D eigenvalue weighted by atomic mass is 16.5. The number of hydrogen-bond acceptors (Lipinski definition) is 6. The number of nitrogens with zero attached hydrogens (tertiary/aromatic N) is 2. The fourth-order valence-electron chi connectivity index (χ4n) is 1.20. The van der Waals surface area contributed by atoms with Crippen LogP contribution >= 0.6 is 0 Å². The standard InChI is InChI=1S/C10H22N4O6/c1-17-5-13(6-18-2)9(15)11-12-10(16)14(7-19-3)8-20-4/h5-8H2,1-4H3,(H,11,15)(H,12,16). The van der Waals surface area contributed by atoms with E-state index >= 15 is 0 Å². The quantitative estimate of drug-likeness (QED) is 0.455. The second kappa shape index (κ2) is 11.2. The Hall–Kier alpha value is -1.62. The van der Waals surface area contributed by atoms with Crippen molar-refractivity contribution < 1.29 is 28.5 Å². The molecule has 0 fully saturated rings. The third kappa shape index (κ3) is 7.09. The van der Waals surface area contributed by atoms with Crippen LogP contribution < -0.4 is 10.9 Å². The lowest BCUT2D eigenvalue weighted by Crippen LogP contribution is -2.54. The summed E-state index contributed by atoms with van der Waals surface area (Å²) in [5, 5.41) is 0. The Morgan fingerprint density at radius 3 is 1.15 bits per heavy atom. The molecule has 10 nitrogen and oxygen atoms in total. The zero-order valence-electron chi connectivity index (χ0n) is 12.2. The molecule has 4 amide bonds. The predicted molar refractivity (Wildman–Crippen MR) is 68.2 cm³/mol. The highest BCUT2D eigenvalue weighted by Gasteiger charge is 2.16. The summed E-state index contributed by atoms with van der Waals surface area (Å²) >= 11 is 0. The number of nitrogens with one attached hydrogen (secondary N) is 2. The van der Waals surface area contributed by atoms with Gasteiger partial charge in [-0.3, -0.25) is 9.80 Å². The summed E-state index contributed by atoms with van der Waals surface area (Å²) < 4.78 is 19.3. The highest BCUT2D eigenvalue weighted by Crippen LogP contribution is 1.92. The highest BCUT2D eigenvalue weighted by molar-refractivity contribution is 5.79. The van der Waals surface area contributed by atoms with Crippen molar-refractivity contribution >= 4 is 12.1 Å². The number of urea groups is 2. The number of carbonyl (C=O) groups excluding carboxylic acids is 2. The van der Waals surface area contributed by atoms with Crippen LogP contribution in [0.4, 0.5) is 9.59 Å². The Balaban J connectivity index is 4.27. The molecule has 0 aromatic rings. The zero-order valence-corrected chi connectivity index (χ0v) is 12.2. The fraction of sp³-hybridized carbons (Fsp3) is 0.800. The number of methoxy groups -OCH3 is 4. The van der Waals surface area contributed by atoms with Gasteiger partial charge in [-0.15, -0.1) is 0 Å². The topological polar surface area (TPSA) is 102 Å². The van der Waals surface area contributed by atoms with Crippen LogP contribution in [0.25, 0.3) is 0 Å². The summed E-state index contributed by atoms with van der Waals surface area (Å²) in [7, 11) is 5.75. The third-order valence-corrected chi connectivity index (χ3v) is 1.99. The van der Waals surface area contributed by atoms with Crippen LogP contribution in [-0.2, 0) is 18.9 Å². The molecule has 0 heterocycles. The number of hydrogen-bond donors (Lipinski definition) is 2. The molecule has 0 aliphatic rings. The van der Waals surface area contributed by atoms with E-state index in [4.69, 9.17) is 18.9 Å². The lowest BCUT2D eigenvalue weighted by atomic mass is 10.7. The molecule has 0 bridgehead atoms. The molecular weight excluding hydrogens is 272 g/mol. The van der Waals surface area contributed by atoms with Gasteiger partial charge in [-0.1, -0.05) is 0 Å². The molecular formula is C10H22N4O6. The van der Waals surface area contributed by atoms with Gasteiger partial charge in [-0.25, -0.2) is 20.4 Å². The lowest BCUT2D eigenvalue weighted by molar-refractivity contribution is 0.00625. The lowest BCUT2D eigenvalue weighted by Gasteiger charge is -2.24. The SMILES string of the molecule is COCN(COC)C(=O)NNC(=O)N(COC)COC. The van der Waals surface area contributed by atoms with E-state index in [9.17, 15) is 9.59 Å². The van der Waals surface area contributed by atoms with Gasteiger partial charge < -0.3 is 18.9 Å². The van der Waals surface area contributed by atoms with Crippen molar-refractivity contribution in [3.63, 3.8) is 0 Å². The minimum absolute atomic E-state index is 0.0232. The Bertz CT molecular complexity index is 251. The van der Waals surface area contributed by atoms with Crippen LogP contribution in [0.5, 0.6) is 0 Å². The maximum atomic E-state index is 11.7. The van der Waals surface area contributed by atoms with Gasteiger partial charge in [0.1, 0.15) is 26.9 Å². The molecule has 0 saturated carbocycles. The smallest absolute Gasteiger partial charge is 0.339 e. The summed E-state index contributed by atoms with van der Waals surface area (Å²) in [6.45, 7) is 0.0929. The molecule has 0 aliphatic carbocycles. The molecule has 0 saturated heterocycles. The Kier molecular flexibility index (Phi) is 10.3. The van der Waals surface area contributed by atoms with Gasteiger partial charge in [0.15, 0.2) is 0 Å². The molecule has 2 N–H and O–H groups in total.